The fourth-order valence-electron chi connectivity index (χ4n) is 2.04. The highest BCUT2D eigenvalue weighted by atomic mass is 19.3. The molecule has 8 heteroatoms. The molecule has 0 unspecified atom stereocenters. The van der Waals surface area contributed by atoms with Crippen molar-refractivity contribution in [2.45, 2.75) is 6.29 Å². The summed E-state index contributed by atoms with van der Waals surface area (Å²) in [5.74, 6) is 0.413. The predicted octanol–water partition coefficient (Wildman–Crippen LogP) is 3.12. The van der Waals surface area contributed by atoms with Gasteiger partial charge in [0.1, 0.15) is 0 Å². The first-order valence-corrected chi connectivity index (χ1v) is 6.25. The molecule has 1 aliphatic rings. The van der Waals surface area contributed by atoms with Crippen molar-refractivity contribution in [2.75, 3.05) is 0 Å². The van der Waals surface area contributed by atoms with E-state index in [0.29, 0.717) is 17.0 Å². The van der Waals surface area contributed by atoms with Crippen LogP contribution < -0.4 is 9.47 Å². The molecule has 0 saturated heterocycles. The lowest BCUT2D eigenvalue weighted by molar-refractivity contribution is -0.286. The number of nitrogens with zero attached hydrogens (tertiary/aromatic N) is 3. The van der Waals surface area contributed by atoms with Gasteiger partial charge in [-0.05, 0) is 30.3 Å². The quantitative estimate of drug-likeness (QED) is 0.724. The van der Waals surface area contributed by atoms with Gasteiger partial charge in [-0.3, -0.25) is 4.98 Å². The summed E-state index contributed by atoms with van der Waals surface area (Å²) in [5, 5.41) is 3.84. The molecule has 6 nitrogen and oxygen atoms in total. The second kappa shape index (κ2) is 4.48. The molecule has 0 radical (unpaired) electrons. The summed E-state index contributed by atoms with van der Waals surface area (Å²) in [7, 11) is 0. The van der Waals surface area contributed by atoms with Gasteiger partial charge in [-0.2, -0.15) is 4.98 Å². The van der Waals surface area contributed by atoms with Crippen LogP contribution in [0.15, 0.2) is 47.2 Å². The van der Waals surface area contributed by atoms with E-state index in [4.69, 9.17) is 4.52 Å². The molecule has 0 spiro atoms. The fourth-order valence-corrected chi connectivity index (χ4v) is 2.04. The van der Waals surface area contributed by atoms with E-state index in [1.54, 1.807) is 24.5 Å². The molecule has 2 aromatic heterocycles. The topological polar surface area (TPSA) is 70.3 Å². The average molecular weight is 303 g/mol. The Morgan fingerprint density at radius 2 is 1.86 bits per heavy atom. The van der Waals surface area contributed by atoms with Crippen LogP contribution in [0.25, 0.3) is 22.8 Å². The molecule has 0 N–H and O–H groups in total. The minimum absolute atomic E-state index is 0.0410. The zero-order valence-electron chi connectivity index (χ0n) is 10.9. The first kappa shape index (κ1) is 12.7. The van der Waals surface area contributed by atoms with Crippen molar-refractivity contribution >= 4 is 0 Å². The van der Waals surface area contributed by atoms with Crippen molar-refractivity contribution in [3.63, 3.8) is 0 Å². The van der Waals surface area contributed by atoms with Crippen LogP contribution in [0.1, 0.15) is 0 Å². The third-order valence-corrected chi connectivity index (χ3v) is 2.99. The van der Waals surface area contributed by atoms with Crippen LogP contribution >= 0.6 is 0 Å². The van der Waals surface area contributed by atoms with Crippen LogP contribution in [0.4, 0.5) is 8.78 Å². The number of fused-ring (bicyclic) bond motifs is 1. The zero-order chi connectivity index (χ0) is 15.2. The van der Waals surface area contributed by atoms with E-state index in [1.807, 2.05) is 0 Å². The number of aromatic nitrogens is 3. The highest BCUT2D eigenvalue weighted by molar-refractivity contribution is 5.63. The van der Waals surface area contributed by atoms with Crippen LogP contribution in [0, 0.1) is 0 Å². The summed E-state index contributed by atoms with van der Waals surface area (Å²) >= 11 is 0. The summed E-state index contributed by atoms with van der Waals surface area (Å²) in [6.45, 7) is 0. The largest absolute Gasteiger partial charge is 0.586 e. The van der Waals surface area contributed by atoms with E-state index >= 15 is 0 Å². The molecule has 0 bridgehead atoms. The number of pyridine rings is 1. The Labute approximate surface area is 122 Å². The second-order valence-electron chi connectivity index (χ2n) is 4.49. The SMILES string of the molecule is FC1(F)Oc2ccc(-c3nc(-c4cccnc4)no3)cc2O1. The average Bonchev–Trinajstić information content (AvgIpc) is 3.10. The highest BCUT2D eigenvalue weighted by Crippen LogP contribution is 2.42. The summed E-state index contributed by atoms with van der Waals surface area (Å²) in [6.07, 6.45) is -0.437. The third-order valence-electron chi connectivity index (χ3n) is 2.99. The summed E-state index contributed by atoms with van der Waals surface area (Å²) in [4.78, 5) is 8.18. The molecule has 3 aromatic rings. The lowest BCUT2D eigenvalue weighted by Gasteiger charge is -2.04. The van der Waals surface area contributed by atoms with Crippen LogP contribution in [-0.4, -0.2) is 21.4 Å². The summed E-state index contributed by atoms with van der Waals surface area (Å²) in [6, 6.07) is 7.77. The number of ether oxygens (including phenoxy) is 2. The molecule has 110 valence electrons. The van der Waals surface area contributed by atoms with Crippen LogP contribution in [-0.2, 0) is 0 Å². The maximum atomic E-state index is 13.0. The lowest BCUT2D eigenvalue weighted by atomic mass is 10.2. The number of alkyl halides is 2. The van der Waals surface area contributed by atoms with Gasteiger partial charge in [-0.1, -0.05) is 5.16 Å². The van der Waals surface area contributed by atoms with E-state index in [2.05, 4.69) is 24.6 Å². The maximum absolute atomic E-state index is 13.0. The molecule has 0 aliphatic carbocycles. The summed E-state index contributed by atoms with van der Waals surface area (Å²) < 4.78 is 39.9. The molecule has 3 heterocycles. The van der Waals surface area contributed by atoms with E-state index in [1.165, 1.54) is 18.2 Å². The maximum Gasteiger partial charge on any atom is 0.586 e. The van der Waals surface area contributed by atoms with Gasteiger partial charge in [0.15, 0.2) is 11.5 Å². The molecule has 0 atom stereocenters. The summed E-state index contributed by atoms with van der Waals surface area (Å²) in [5.41, 5.74) is 1.13. The van der Waals surface area contributed by atoms with E-state index < -0.39 is 6.29 Å². The minimum atomic E-state index is -3.66. The number of rotatable bonds is 2. The predicted molar refractivity (Wildman–Crippen MR) is 69.2 cm³/mol. The Bertz CT molecular complexity index is 836. The van der Waals surface area contributed by atoms with Crippen molar-refractivity contribution in [1.82, 2.24) is 15.1 Å². The second-order valence-corrected chi connectivity index (χ2v) is 4.49. The Morgan fingerprint density at radius 3 is 2.68 bits per heavy atom. The Balaban J connectivity index is 1.68. The van der Waals surface area contributed by atoms with Gasteiger partial charge in [0.05, 0.1) is 0 Å². The van der Waals surface area contributed by atoms with Gasteiger partial charge in [-0.25, -0.2) is 0 Å². The third kappa shape index (κ3) is 2.14. The zero-order valence-corrected chi connectivity index (χ0v) is 10.9. The van der Waals surface area contributed by atoms with Crippen molar-refractivity contribution < 1.29 is 22.8 Å². The molecular formula is C14H7F2N3O3. The molecule has 0 amide bonds. The Morgan fingerprint density at radius 1 is 1.00 bits per heavy atom. The number of benzene rings is 1. The smallest absolute Gasteiger partial charge is 0.395 e. The van der Waals surface area contributed by atoms with Crippen molar-refractivity contribution in [2.24, 2.45) is 0 Å². The van der Waals surface area contributed by atoms with Crippen molar-refractivity contribution in [3.05, 3.63) is 42.7 Å². The number of halogens is 2. The Kier molecular flexibility index (Phi) is 2.59. The molecule has 4 rings (SSSR count). The first-order valence-electron chi connectivity index (χ1n) is 6.25. The van der Waals surface area contributed by atoms with E-state index in [-0.39, 0.29) is 17.4 Å². The van der Waals surface area contributed by atoms with Crippen LogP contribution in [0.2, 0.25) is 0 Å². The van der Waals surface area contributed by atoms with Gasteiger partial charge in [0.25, 0.3) is 5.89 Å². The van der Waals surface area contributed by atoms with Gasteiger partial charge >= 0.3 is 6.29 Å². The Hall–Kier alpha value is -3.03. The van der Waals surface area contributed by atoms with Crippen LogP contribution in [0.3, 0.4) is 0 Å². The molecule has 1 aromatic carbocycles. The molecule has 0 fully saturated rings. The monoisotopic (exact) mass is 303 g/mol. The lowest BCUT2D eigenvalue weighted by Crippen LogP contribution is -2.25. The van der Waals surface area contributed by atoms with E-state index in [9.17, 15) is 8.78 Å². The van der Waals surface area contributed by atoms with Crippen LogP contribution in [0.5, 0.6) is 11.5 Å². The van der Waals surface area contributed by atoms with E-state index in [0.717, 1.165) is 0 Å². The number of hydrogen-bond donors (Lipinski definition) is 0. The molecule has 22 heavy (non-hydrogen) atoms. The fraction of sp³-hybridized carbons (Fsp3) is 0.0714. The van der Waals surface area contributed by atoms with Gasteiger partial charge in [0, 0.05) is 23.5 Å². The van der Waals surface area contributed by atoms with Gasteiger partial charge in [-0.15, -0.1) is 8.78 Å². The van der Waals surface area contributed by atoms with Crippen molar-refractivity contribution in [3.8, 4) is 34.3 Å². The van der Waals surface area contributed by atoms with Gasteiger partial charge < -0.3 is 14.0 Å². The minimum Gasteiger partial charge on any atom is -0.395 e. The molecular weight excluding hydrogens is 296 g/mol. The van der Waals surface area contributed by atoms with Gasteiger partial charge in [0.2, 0.25) is 5.82 Å². The molecule has 0 saturated carbocycles. The standard InChI is InChI=1S/C14H7F2N3O3/c15-14(16)20-10-4-3-8(6-11(10)21-14)13-18-12(19-22-13)9-2-1-5-17-7-9/h1-7H. The normalized spacial score (nSPS) is 15.0. The molecule has 1 aliphatic heterocycles. The number of hydrogen-bond acceptors (Lipinski definition) is 6. The first-order chi connectivity index (χ1) is 10.6. The highest BCUT2D eigenvalue weighted by Gasteiger charge is 2.43. The van der Waals surface area contributed by atoms with Crippen molar-refractivity contribution in [1.29, 1.82) is 0 Å².